The highest BCUT2D eigenvalue weighted by Crippen LogP contribution is 2.30. The van der Waals surface area contributed by atoms with Crippen molar-refractivity contribution in [1.29, 1.82) is 0 Å². The Morgan fingerprint density at radius 3 is 0.425 bits per heavy atom. The molecule has 15 nitrogen and oxygen atoms in total. The fourth-order valence-corrected chi connectivity index (χ4v) is 17.6. The minimum atomic E-state index is -1.12. The molecule has 0 atom stereocenters. The largest absolute Gasteiger partial charge is 0.449 e. The Labute approximate surface area is 790 Å². The second kappa shape index (κ2) is 107. The van der Waals surface area contributed by atoms with Crippen LogP contribution < -0.4 is 16.0 Å². The van der Waals surface area contributed by atoms with Gasteiger partial charge in [-0.15, -0.1) is 0 Å². The molecule has 0 spiro atoms. The van der Waals surface area contributed by atoms with Gasteiger partial charge in [0.15, 0.2) is 0 Å². The summed E-state index contributed by atoms with van der Waals surface area (Å²) in [5, 5.41) is 9.53. The molecule has 0 unspecified atom stereocenters. The van der Waals surface area contributed by atoms with Gasteiger partial charge in [0, 0.05) is 39.6 Å². The second-order valence-electron chi connectivity index (χ2n) is 39.5. The van der Waals surface area contributed by atoms with E-state index in [1.165, 1.54) is 424 Å². The Bertz CT molecular complexity index is 1810. The van der Waals surface area contributed by atoms with Gasteiger partial charge in [0.2, 0.25) is 0 Å². The van der Waals surface area contributed by atoms with Gasteiger partial charge < -0.3 is 58.6 Å². The molecule has 0 radical (unpaired) electrons. The van der Waals surface area contributed by atoms with Gasteiger partial charge in [0.25, 0.3) is 0 Å². The Morgan fingerprint density at radius 2 is 0.291 bits per heavy atom. The quantitative estimate of drug-likeness (QED) is 0.0390. The summed E-state index contributed by atoms with van der Waals surface area (Å²) >= 11 is 0. The maximum absolute atomic E-state index is 14.7. The van der Waals surface area contributed by atoms with Gasteiger partial charge in [-0.3, -0.25) is 0 Å². The molecule has 758 valence electrons. The van der Waals surface area contributed by atoms with Crippen molar-refractivity contribution in [3.8, 4) is 0 Å². The van der Waals surface area contributed by atoms with Crippen LogP contribution in [0.3, 0.4) is 0 Å². The van der Waals surface area contributed by atoms with Crippen molar-refractivity contribution >= 4 is 18.3 Å². The van der Waals surface area contributed by atoms with Gasteiger partial charge in [0.05, 0.1) is 63.2 Å². The lowest BCUT2D eigenvalue weighted by Gasteiger charge is -2.33. The molecule has 0 bridgehead atoms. The van der Waals surface area contributed by atoms with Crippen LogP contribution in [0.4, 0.5) is 14.4 Å². The molecular weight excluding hydrogens is 1580 g/mol. The minimum Gasteiger partial charge on any atom is -0.449 e. The van der Waals surface area contributed by atoms with Crippen LogP contribution in [0.5, 0.6) is 0 Å². The van der Waals surface area contributed by atoms with Crippen LogP contribution in [0, 0.1) is 5.41 Å². The molecule has 0 rings (SSSR count). The molecule has 0 aliphatic rings. The predicted octanol–water partition coefficient (Wildman–Crippen LogP) is 34.9. The fraction of sp³-hybridized carbons (Fsp3) is 0.973. The number of amides is 3. The summed E-state index contributed by atoms with van der Waals surface area (Å²) in [5.74, 6) is 0. The smallest absolute Gasteiger partial charge is 0.407 e. The molecular formula is C112H223N3O12. The third-order valence-electron chi connectivity index (χ3n) is 26.3. The molecule has 0 fully saturated rings. The average molecular weight is 1800 g/mol. The van der Waals surface area contributed by atoms with Crippen LogP contribution in [0.25, 0.3) is 0 Å². The number of ether oxygens (including phenoxy) is 9. The van der Waals surface area contributed by atoms with E-state index in [4.69, 9.17) is 42.6 Å². The number of rotatable bonds is 110. The van der Waals surface area contributed by atoms with E-state index in [-0.39, 0.29) is 19.8 Å². The second-order valence-corrected chi connectivity index (χ2v) is 39.5. The average Bonchev–Trinajstić information content (AvgIpc) is 0.850. The molecule has 0 aromatic rings. The van der Waals surface area contributed by atoms with E-state index in [0.717, 1.165) is 103 Å². The molecule has 127 heavy (non-hydrogen) atoms. The summed E-state index contributed by atoms with van der Waals surface area (Å²) < 4.78 is 57.6. The number of hydrogen-bond acceptors (Lipinski definition) is 12. The van der Waals surface area contributed by atoms with Crippen molar-refractivity contribution < 1.29 is 57.0 Å². The number of carbonyl (C=O) groups excluding carboxylic acids is 3. The molecule has 0 saturated heterocycles. The van der Waals surface area contributed by atoms with Crippen molar-refractivity contribution in [3.05, 3.63) is 0 Å². The third-order valence-corrected chi connectivity index (χ3v) is 26.3. The van der Waals surface area contributed by atoms with Gasteiger partial charge in [-0.05, 0) is 44.9 Å². The zero-order valence-electron chi connectivity index (χ0n) is 86.4. The topological polar surface area (TPSA) is 170 Å². The van der Waals surface area contributed by atoms with Crippen molar-refractivity contribution in [2.75, 3.05) is 99.1 Å². The molecule has 15 heteroatoms. The standard InChI is InChI=1S/C112H223N3O12/c1-8-15-22-29-36-43-50-56-63-70-77-84-91-119-97-106(98-120-92-85-78-71-64-57-51-44-37-30-23-16-9-2)113-109(116)125-103-112(90-83-76-69-62-49-42-35-28-21-14-7,104-126-110(117)114-107(99-121-93-86-79-72-65-58-52-45-38-31-24-17-10-3)100-122-94-87-80-73-66-59-53-46-39-32-25-18-11-4)105-127-111(118)115-108(101-123-95-88-81-74-67-60-54-47-40-33-26-19-12-5)102-124-96-89-82-75-68-61-55-48-41-34-27-20-13-6/h106-108H,8-105H2,1-7H3,(H,113,116)(H,114,117)(H,115,118). The van der Waals surface area contributed by atoms with E-state index in [2.05, 4.69) is 64.4 Å². The van der Waals surface area contributed by atoms with E-state index in [0.29, 0.717) is 85.7 Å². The summed E-state index contributed by atoms with van der Waals surface area (Å²) in [6.45, 7) is 20.9. The van der Waals surface area contributed by atoms with Gasteiger partial charge in [-0.2, -0.15) is 0 Å². The van der Waals surface area contributed by atoms with E-state index in [1.54, 1.807) is 0 Å². The maximum atomic E-state index is 14.7. The number of carbonyl (C=O) groups is 3. The van der Waals surface area contributed by atoms with E-state index in [9.17, 15) is 14.4 Å². The lowest BCUT2D eigenvalue weighted by molar-refractivity contribution is -0.0274. The normalized spacial score (nSPS) is 11.9. The number of nitrogens with one attached hydrogen (secondary N) is 3. The lowest BCUT2D eigenvalue weighted by Crippen LogP contribution is -2.48. The Kier molecular flexibility index (Phi) is 105. The summed E-state index contributed by atoms with van der Waals surface area (Å²) in [6.07, 6.45) is 102. The highest BCUT2D eigenvalue weighted by molar-refractivity contribution is 5.69. The summed E-state index contributed by atoms with van der Waals surface area (Å²) in [5.41, 5.74) is -1.12. The minimum absolute atomic E-state index is 0.162. The fourth-order valence-electron chi connectivity index (χ4n) is 17.6. The lowest BCUT2D eigenvalue weighted by atomic mass is 9.84. The number of unbranched alkanes of at least 4 members (excludes halogenated alkanes) is 75. The highest BCUT2D eigenvalue weighted by atomic mass is 16.6. The van der Waals surface area contributed by atoms with Crippen LogP contribution in [0.1, 0.15) is 581 Å². The van der Waals surface area contributed by atoms with E-state index < -0.39 is 41.8 Å². The predicted molar refractivity (Wildman–Crippen MR) is 545 cm³/mol. The molecule has 0 aliphatic carbocycles. The Hall–Kier alpha value is -2.43. The van der Waals surface area contributed by atoms with Crippen molar-refractivity contribution in [2.45, 2.75) is 600 Å². The molecule has 0 saturated carbocycles. The molecule has 3 N–H and O–H groups in total. The highest BCUT2D eigenvalue weighted by Gasteiger charge is 2.37. The molecule has 0 aromatic heterocycles. The molecule has 0 aliphatic heterocycles. The van der Waals surface area contributed by atoms with Crippen molar-refractivity contribution in [2.24, 2.45) is 5.41 Å². The number of alkyl carbamates (subject to hydrolysis) is 3. The monoisotopic (exact) mass is 1800 g/mol. The first-order valence-electron chi connectivity index (χ1n) is 57.0. The van der Waals surface area contributed by atoms with Crippen LogP contribution in [0.2, 0.25) is 0 Å². The van der Waals surface area contributed by atoms with Crippen molar-refractivity contribution in [1.82, 2.24) is 16.0 Å². The van der Waals surface area contributed by atoms with Gasteiger partial charge in [-0.25, -0.2) is 14.4 Å². The number of hydrogen-bond donors (Lipinski definition) is 3. The van der Waals surface area contributed by atoms with Crippen molar-refractivity contribution in [3.63, 3.8) is 0 Å². The SMILES string of the molecule is CCCCCCCCCCCCCCOCC(COCCCCCCCCCCCCCC)NC(=O)OCC(CCCCCCCCCCCC)(COC(=O)NC(COCCCCCCCCCCCCCC)COCCCCCCCCCCCCCC)COC(=O)NC(COCCCCCCCCCCCCCC)COCCCCCCCCCCCCCC. The van der Waals surface area contributed by atoms with Crippen LogP contribution in [-0.4, -0.2) is 136 Å². The molecule has 3 amide bonds. The zero-order chi connectivity index (χ0) is 91.7. The van der Waals surface area contributed by atoms with E-state index in [1.807, 2.05) is 0 Å². The van der Waals surface area contributed by atoms with Gasteiger partial charge >= 0.3 is 18.3 Å². The van der Waals surface area contributed by atoms with Crippen LogP contribution in [-0.2, 0) is 42.6 Å². The van der Waals surface area contributed by atoms with Crippen LogP contribution in [0.15, 0.2) is 0 Å². The zero-order valence-corrected chi connectivity index (χ0v) is 86.4. The summed E-state index contributed by atoms with van der Waals surface area (Å²) in [7, 11) is 0. The van der Waals surface area contributed by atoms with Gasteiger partial charge in [-0.1, -0.05) is 536 Å². The Morgan fingerprint density at radius 1 is 0.173 bits per heavy atom. The summed E-state index contributed by atoms with van der Waals surface area (Å²) in [4.78, 5) is 44.0. The third kappa shape index (κ3) is 97.9. The first kappa shape index (κ1) is 125. The Balaban J connectivity index is 7.15. The van der Waals surface area contributed by atoms with E-state index >= 15 is 0 Å². The maximum Gasteiger partial charge on any atom is 0.407 e. The molecule has 0 aromatic carbocycles. The first-order chi connectivity index (χ1) is 62.7. The molecule has 0 heterocycles. The first-order valence-corrected chi connectivity index (χ1v) is 57.0. The van der Waals surface area contributed by atoms with Crippen LogP contribution >= 0.6 is 0 Å². The summed E-state index contributed by atoms with van der Waals surface area (Å²) in [6, 6.07) is -1.36. The van der Waals surface area contributed by atoms with Gasteiger partial charge in [0.1, 0.15) is 19.8 Å².